The first-order valence-corrected chi connectivity index (χ1v) is 5.34. The second kappa shape index (κ2) is 2.72. The van der Waals surface area contributed by atoms with Gasteiger partial charge in [0, 0.05) is 6.54 Å². The zero-order chi connectivity index (χ0) is 10.6. The molecule has 0 aromatic heterocycles. The summed E-state index contributed by atoms with van der Waals surface area (Å²) in [5, 5.41) is 8.86. The van der Waals surface area contributed by atoms with Crippen LogP contribution in [0.1, 0.15) is 25.7 Å². The number of nitrogens with zero attached hydrogens (tertiary/aromatic N) is 1. The van der Waals surface area contributed by atoms with Crippen molar-refractivity contribution in [2.24, 2.45) is 5.92 Å². The summed E-state index contributed by atoms with van der Waals surface area (Å²) in [6.07, 6.45) is 2.39. The summed E-state index contributed by atoms with van der Waals surface area (Å²) in [7, 11) is 0. The largest absolute Gasteiger partial charge is 0.465 e. The van der Waals surface area contributed by atoms with Crippen LogP contribution in [0.5, 0.6) is 0 Å². The number of ether oxygens (including phenoxy) is 1. The molecule has 5 nitrogen and oxygen atoms in total. The van der Waals surface area contributed by atoms with E-state index in [1.807, 2.05) is 0 Å². The molecule has 0 saturated carbocycles. The van der Waals surface area contributed by atoms with Crippen LogP contribution in [0.15, 0.2) is 0 Å². The van der Waals surface area contributed by atoms with E-state index in [0.717, 1.165) is 17.7 Å². The Hall–Kier alpha value is -1.10. The molecule has 0 aliphatic carbocycles. The van der Waals surface area contributed by atoms with Crippen molar-refractivity contribution in [1.29, 1.82) is 0 Å². The highest BCUT2D eigenvalue weighted by Crippen LogP contribution is 2.52. The lowest BCUT2D eigenvalue weighted by molar-refractivity contribution is -0.146. The summed E-state index contributed by atoms with van der Waals surface area (Å²) in [4.78, 5) is 23.7. The number of fused-ring (bicyclic) bond motifs is 1. The highest BCUT2D eigenvalue weighted by atomic mass is 16.5. The molecule has 3 rings (SSSR count). The van der Waals surface area contributed by atoms with Crippen LogP contribution in [0.4, 0.5) is 4.79 Å². The number of carbonyl (C=O) groups is 2. The first-order chi connectivity index (χ1) is 7.12. The Balaban J connectivity index is 1.89. The van der Waals surface area contributed by atoms with Crippen LogP contribution in [0, 0.1) is 5.92 Å². The highest BCUT2D eigenvalue weighted by molar-refractivity contribution is 5.94. The van der Waals surface area contributed by atoms with E-state index in [9.17, 15) is 9.59 Å². The number of rotatable bonds is 0. The maximum absolute atomic E-state index is 11.9. The normalized spacial score (nSPS) is 43.2. The maximum Gasteiger partial charge on any atom is 0.414 e. The van der Waals surface area contributed by atoms with Crippen LogP contribution < -0.4 is 0 Å². The van der Waals surface area contributed by atoms with Crippen molar-refractivity contribution >= 4 is 12.0 Å². The van der Waals surface area contributed by atoms with Crippen molar-refractivity contribution in [3.8, 4) is 0 Å². The average molecular weight is 211 g/mol. The van der Waals surface area contributed by atoms with Gasteiger partial charge in [-0.1, -0.05) is 0 Å². The Morgan fingerprint density at radius 2 is 2.33 bits per heavy atom. The molecule has 0 aromatic carbocycles. The monoisotopic (exact) mass is 211 g/mol. The number of carboxylic acid groups (broad SMARTS) is 1. The predicted molar refractivity (Wildman–Crippen MR) is 49.3 cm³/mol. The molecular weight excluding hydrogens is 198 g/mol. The van der Waals surface area contributed by atoms with Gasteiger partial charge < -0.3 is 9.84 Å². The van der Waals surface area contributed by atoms with E-state index in [-0.39, 0.29) is 30.1 Å². The molecule has 3 atom stereocenters. The third-order valence-corrected chi connectivity index (χ3v) is 3.98. The minimum absolute atomic E-state index is 0.188. The van der Waals surface area contributed by atoms with E-state index in [4.69, 9.17) is 9.84 Å². The molecule has 3 fully saturated rings. The molecule has 2 amide bonds. The van der Waals surface area contributed by atoms with Crippen LogP contribution in [-0.4, -0.2) is 40.3 Å². The summed E-state index contributed by atoms with van der Waals surface area (Å²) < 4.78 is 5.82. The van der Waals surface area contributed by atoms with Gasteiger partial charge in [0.1, 0.15) is 0 Å². The molecule has 2 bridgehead atoms. The fourth-order valence-electron chi connectivity index (χ4n) is 3.23. The quantitative estimate of drug-likeness (QED) is 0.644. The molecule has 3 saturated heterocycles. The molecule has 0 radical (unpaired) electrons. The number of imide groups is 1. The van der Waals surface area contributed by atoms with Crippen LogP contribution in [0.3, 0.4) is 0 Å². The average Bonchev–Trinajstić information content (AvgIpc) is 2.74. The second-order valence-corrected chi connectivity index (χ2v) is 4.65. The van der Waals surface area contributed by atoms with Gasteiger partial charge in [-0.2, -0.15) is 0 Å². The SMILES string of the molecule is O=C(O)N1CC[C@@]23CC[C@@H](C[C@@H]2C1=O)O3. The molecule has 1 spiro atoms. The van der Waals surface area contributed by atoms with Gasteiger partial charge in [-0.15, -0.1) is 0 Å². The Bertz CT molecular complexity index is 342. The van der Waals surface area contributed by atoms with Gasteiger partial charge in [-0.05, 0) is 25.7 Å². The Labute approximate surface area is 87.0 Å². The van der Waals surface area contributed by atoms with E-state index in [1.54, 1.807) is 0 Å². The van der Waals surface area contributed by atoms with Gasteiger partial charge in [-0.25, -0.2) is 9.69 Å². The summed E-state index contributed by atoms with van der Waals surface area (Å²) in [6, 6.07) is 0. The topological polar surface area (TPSA) is 66.8 Å². The molecular formula is C10H13NO4. The van der Waals surface area contributed by atoms with E-state index < -0.39 is 6.09 Å². The number of hydrogen-bond donors (Lipinski definition) is 1. The maximum atomic E-state index is 11.9. The van der Waals surface area contributed by atoms with E-state index in [0.29, 0.717) is 12.8 Å². The second-order valence-electron chi connectivity index (χ2n) is 4.65. The van der Waals surface area contributed by atoms with Crippen LogP contribution in [0.2, 0.25) is 0 Å². The van der Waals surface area contributed by atoms with Crippen molar-refractivity contribution < 1.29 is 19.4 Å². The zero-order valence-electron chi connectivity index (χ0n) is 8.31. The third-order valence-electron chi connectivity index (χ3n) is 3.98. The van der Waals surface area contributed by atoms with Crippen molar-refractivity contribution in [3.05, 3.63) is 0 Å². The van der Waals surface area contributed by atoms with E-state index in [1.165, 1.54) is 0 Å². The molecule has 82 valence electrons. The standard InChI is InChI=1S/C10H13NO4/c12-8-7-5-6-1-2-10(7,15-6)3-4-11(8)9(13)14/h6-7H,1-5H2,(H,13,14)/t6-,7+,10-/m0/s1. The lowest BCUT2D eigenvalue weighted by Crippen LogP contribution is -2.54. The molecule has 0 aromatic rings. The minimum Gasteiger partial charge on any atom is -0.465 e. The van der Waals surface area contributed by atoms with Gasteiger partial charge >= 0.3 is 6.09 Å². The lowest BCUT2D eigenvalue weighted by Gasteiger charge is -2.39. The molecule has 3 heterocycles. The molecule has 3 aliphatic heterocycles. The summed E-state index contributed by atoms with van der Waals surface area (Å²) in [6.45, 7) is 0.289. The fraction of sp³-hybridized carbons (Fsp3) is 0.800. The number of piperidine rings is 1. The summed E-state index contributed by atoms with van der Waals surface area (Å²) in [5.41, 5.74) is -0.312. The van der Waals surface area contributed by atoms with E-state index >= 15 is 0 Å². The smallest absolute Gasteiger partial charge is 0.414 e. The predicted octanol–water partition coefficient (Wildman–Crippen LogP) is 0.834. The Morgan fingerprint density at radius 3 is 3.00 bits per heavy atom. The third kappa shape index (κ3) is 1.07. The number of hydrogen-bond acceptors (Lipinski definition) is 3. The van der Waals surface area contributed by atoms with Gasteiger partial charge in [0.15, 0.2) is 0 Å². The summed E-state index contributed by atoms with van der Waals surface area (Å²) in [5.74, 6) is -0.461. The van der Waals surface area contributed by atoms with Crippen molar-refractivity contribution in [1.82, 2.24) is 4.90 Å². The fourth-order valence-corrected chi connectivity index (χ4v) is 3.23. The van der Waals surface area contributed by atoms with Crippen LogP contribution in [0.25, 0.3) is 0 Å². The number of likely N-dealkylation sites (tertiary alicyclic amines) is 1. The molecule has 0 unspecified atom stereocenters. The first kappa shape index (κ1) is 9.15. The van der Waals surface area contributed by atoms with Gasteiger partial charge in [-0.3, -0.25) is 4.79 Å². The lowest BCUT2D eigenvalue weighted by atomic mass is 9.73. The Kier molecular flexibility index (Phi) is 1.66. The Morgan fingerprint density at radius 1 is 1.53 bits per heavy atom. The number of amides is 2. The highest BCUT2D eigenvalue weighted by Gasteiger charge is 2.59. The first-order valence-electron chi connectivity index (χ1n) is 5.34. The van der Waals surface area contributed by atoms with Crippen molar-refractivity contribution in [2.45, 2.75) is 37.4 Å². The molecule has 15 heavy (non-hydrogen) atoms. The van der Waals surface area contributed by atoms with Gasteiger partial charge in [0.25, 0.3) is 0 Å². The van der Waals surface area contributed by atoms with Crippen LogP contribution in [-0.2, 0) is 9.53 Å². The van der Waals surface area contributed by atoms with Gasteiger partial charge in [0.05, 0.1) is 17.6 Å². The number of carbonyl (C=O) groups excluding carboxylic acids is 1. The van der Waals surface area contributed by atoms with E-state index in [2.05, 4.69) is 0 Å². The van der Waals surface area contributed by atoms with Crippen molar-refractivity contribution in [3.63, 3.8) is 0 Å². The van der Waals surface area contributed by atoms with Crippen LogP contribution >= 0.6 is 0 Å². The molecule has 3 aliphatic rings. The summed E-state index contributed by atoms with van der Waals surface area (Å²) >= 11 is 0. The molecule has 5 heteroatoms. The molecule has 1 N–H and O–H groups in total. The minimum atomic E-state index is -1.13. The van der Waals surface area contributed by atoms with Crippen molar-refractivity contribution in [2.75, 3.05) is 6.54 Å². The zero-order valence-corrected chi connectivity index (χ0v) is 8.31. The van der Waals surface area contributed by atoms with Gasteiger partial charge in [0.2, 0.25) is 5.91 Å².